The van der Waals surface area contributed by atoms with Crippen molar-refractivity contribution in [2.45, 2.75) is 116 Å². The molecule has 0 bridgehead atoms. The van der Waals surface area contributed by atoms with E-state index in [0.29, 0.717) is 6.42 Å². The largest absolute Gasteiger partial charge is 0.361 e. The van der Waals surface area contributed by atoms with E-state index in [-0.39, 0.29) is 5.78 Å². The van der Waals surface area contributed by atoms with Crippen molar-refractivity contribution < 1.29 is 9.58 Å². The molecule has 0 N–H and O–H groups in total. The first kappa shape index (κ1) is 22.1. The van der Waals surface area contributed by atoms with Crippen LogP contribution in [0.1, 0.15) is 116 Å². The predicted molar refractivity (Wildman–Crippen MR) is 98.9 cm³/mol. The van der Waals surface area contributed by atoms with Gasteiger partial charge in [0.15, 0.2) is 0 Å². The highest BCUT2D eigenvalue weighted by molar-refractivity contribution is 6.25. The van der Waals surface area contributed by atoms with Crippen LogP contribution < -0.4 is 0 Å². The van der Waals surface area contributed by atoms with E-state index in [9.17, 15) is 4.79 Å². The van der Waals surface area contributed by atoms with Crippen molar-refractivity contribution in [3.8, 4) is 0 Å². The summed E-state index contributed by atoms with van der Waals surface area (Å²) in [5, 5.41) is 0. The zero-order valence-corrected chi connectivity index (χ0v) is 15.4. The molecule has 0 unspecified atom stereocenters. The Morgan fingerprint density at radius 3 is 1.39 bits per heavy atom. The van der Waals surface area contributed by atoms with Crippen LogP contribution in [0.15, 0.2) is 0 Å². The Labute approximate surface area is 143 Å². The zero-order valence-electron chi connectivity index (χ0n) is 15.4. The molecule has 134 valence electrons. The quantitative estimate of drug-likeness (QED) is 0.123. The molecule has 23 heavy (non-hydrogen) atoms. The molecule has 0 aliphatic carbocycles. The minimum absolute atomic E-state index is 0.0714. The van der Waals surface area contributed by atoms with E-state index < -0.39 is 0 Å². The maximum Gasteiger partial charge on any atom is 0.323 e. The maximum atomic E-state index is 11.1. The lowest BCUT2D eigenvalue weighted by molar-refractivity contribution is -0.116. The monoisotopic (exact) mass is 322 g/mol. The highest BCUT2D eigenvalue weighted by Crippen LogP contribution is 2.13. The fraction of sp³-hybridized carbons (Fsp3) is 0.900. The smallest absolute Gasteiger partial charge is 0.323 e. The highest BCUT2D eigenvalue weighted by Gasteiger charge is 2.01. The Bertz CT molecular complexity index is 309. The lowest BCUT2D eigenvalue weighted by Crippen LogP contribution is -1.99. The predicted octanol–water partition coefficient (Wildman–Crippen LogP) is 6.51. The number of unbranched alkanes of at least 4 members (excludes halogenated alkanes) is 15. The fourth-order valence-electron chi connectivity index (χ4n) is 2.98. The van der Waals surface area contributed by atoms with Crippen LogP contribution in [0.2, 0.25) is 0 Å². The number of carbonyl (C=O) groups excluding carboxylic acids is 1. The molecule has 0 aromatic heterocycles. The number of hydrogen-bond donors (Lipinski definition) is 0. The van der Waals surface area contributed by atoms with Gasteiger partial charge in [-0.05, 0) is 6.42 Å². The van der Waals surface area contributed by atoms with Gasteiger partial charge in [-0.25, -0.2) is 0 Å². The van der Waals surface area contributed by atoms with Gasteiger partial charge in [0.25, 0.3) is 0 Å². The van der Waals surface area contributed by atoms with Crippen LogP contribution in [-0.4, -0.2) is 16.8 Å². The molecule has 3 heteroatoms. The summed E-state index contributed by atoms with van der Waals surface area (Å²) in [4.78, 5) is 13.8. The molecule has 0 aromatic rings. The molecule has 0 radical (unpaired) electrons. The van der Waals surface area contributed by atoms with E-state index in [1.165, 1.54) is 89.9 Å². The van der Waals surface area contributed by atoms with Gasteiger partial charge in [0, 0.05) is 6.42 Å². The van der Waals surface area contributed by atoms with Crippen LogP contribution in [0.3, 0.4) is 0 Å². The van der Waals surface area contributed by atoms with Gasteiger partial charge in [-0.1, -0.05) is 103 Å². The van der Waals surface area contributed by atoms with E-state index in [4.69, 9.17) is 5.53 Å². The molecule has 0 heterocycles. The molecule has 3 nitrogen and oxygen atoms in total. The second-order valence-corrected chi connectivity index (χ2v) is 6.76. The summed E-state index contributed by atoms with van der Waals surface area (Å²) in [6.45, 7) is 2.27. The first-order valence-corrected chi connectivity index (χ1v) is 10.0. The first-order valence-electron chi connectivity index (χ1n) is 10.0. The van der Waals surface area contributed by atoms with E-state index in [2.05, 4.69) is 11.7 Å². The van der Waals surface area contributed by atoms with Gasteiger partial charge in [0.2, 0.25) is 5.78 Å². The van der Waals surface area contributed by atoms with Gasteiger partial charge < -0.3 is 5.53 Å². The van der Waals surface area contributed by atoms with Gasteiger partial charge in [-0.2, -0.15) is 4.79 Å². The molecule has 0 atom stereocenters. The topological polar surface area (TPSA) is 53.5 Å². The van der Waals surface area contributed by atoms with Crippen LogP contribution in [-0.2, 0) is 4.79 Å². The molecule has 0 spiro atoms. The van der Waals surface area contributed by atoms with E-state index in [0.717, 1.165) is 19.1 Å². The standard InChI is InChI=1S/C20H38N2O/c1-2-3-4-5-6-7-8-9-10-11-12-13-14-15-16-17-18-20(23)19-22-21/h19H,2-18H2,1H3. The number of rotatable bonds is 18. The molecule has 0 aliphatic heterocycles. The molecule has 0 amide bonds. The molecular weight excluding hydrogens is 284 g/mol. The van der Waals surface area contributed by atoms with Crippen molar-refractivity contribution in [2.24, 2.45) is 0 Å². The Morgan fingerprint density at radius 2 is 1.04 bits per heavy atom. The highest BCUT2D eigenvalue weighted by atomic mass is 16.1. The van der Waals surface area contributed by atoms with Gasteiger partial charge in [0.05, 0.1) is 0 Å². The zero-order chi connectivity index (χ0) is 17.0. The summed E-state index contributed by atoms with van der Waals surface area (Å²) in [5.74, 6) is -0.0714. The Morgan fingerprint density at radius 1 is 0.696 bits per heavy atom. The lowest BCUT2D eigenvalue weighted by Gasteiger charge is -2.03. The molecule has 0 aromatic carbocycles. The first-order chi connectivity index (χ1) is 11.3. The fourth-order valence-corrected chi connectivity index (χ4v) is 2.98. The van der Waals surface area contributed by atoms with Crippen molar-refractivity contribution in [3.05, 3.63) is 5.53 Å². The van der Waals surface area contributed by atoms with Crippen molar-refractivity contribution in [3.63, 3.8) is 0 Å². The van der Waals surface area contributed by atoms with Gasteiger partial charge in [-0.15, -0.1) is 0 Å². The molecule has 0 rings (SSSR count). The third-order valence-electron chi connectivity index (χ3n) is 4.48. The lowest BCUT2D eigenvalue weighted by atomic mass is 10.0. The van der Waals surface area contributed by atoms with E-state index >= 15 is 0 Å². The number of Topliss-reactive ketones (excluding diaryl/α,β-unsaturated/α-hetero) is 1. The minimum Gasteiger partial charge on any atom is -0.361 e. The third kappa shape index (κ3) is 19.0. The van der Waals surface area contributed by atoms with Crippen LogP contribution in [0.5, 0.6) is 0 Å². The molecule has 0 fully saturated rings. The number of carbonyl (C=O) groups is 1. The second-order valence-electron chi connectivity index (χ2n) is 6.76. The number of ketones is 1. The van der Waals surface area contributed by atoms with Gasteiger partial charge >= 0.3 is 6.21 Å². The SMILES string of the molecule is CCCCCCCCCCCCCCCCCCC(=O)C=[N+]=[N-]. The molecule has 0 saturated heterocycles. The normalized spacial score (nSPS) is 10.5. The Kier molecular flexibility index (Phi) is 18.3. The number of nitrogens with zero attached hydrogens (tertiary/aromatic N) is 2. The van der Waals surface area contributed by atoms with Crippen LogP contribution >= 0.6 is 0 Å². The summed E-state index contributed by atoms with van der Waals surface area (Å²) >= 11 is 0. The van der Waals surface area contributed by atoms with Crippen molar-refractivity contribution in [2.75, 3.05) is 0 Å². The number of hydrogen-bond acceptors (Lipinski definition) is 1. The summed E-state index contributed by atoms with van der Waals surface area (Å²) in [6, 6.07) is 0. The Hall–Kier alpha value is -0.950. The molecule has 0 aliphatic rings. The summed E-state index contributed by atoms with van der Waals surface area (Å²) < 4.78 is 0. The average molecular weight is 323 g/mol. The Balaban J connectivity index is 3.05. The minimum atomic E-state index is -0.0714. The second kappa shape index (κ2) is 19.1. The van der Waals surface area contributed by atoms with E-state index in [1.807, 2.05) is 0 Å². The van der Waals surface area contributed by atoms with Gasteiger partial charge in [0.1, 0.15) is 0 Å². The maximum absolute atomic E-state index is 11.1. The average Bonchev–Trinajstić information content (AvgIpc) is 2.54. The van der Waals surface area contributed by atoms with E-state index in [1.54, 1.807) is 0 Å². The molecular formula is C20H38N2O. The molecule has 0 saturated carbocycles. The van der Waals surface area contributed by atoms with Crippen molar-refractivity contribution in [1.29, 1.82) is 0 Å². The summed E-state index contributed by atoms with van der Waals surface area (Å²) in [6.07, 6.45) is 22.9. The summed E-state index contributed by atoms with van der Waals surface area (Å²) in [5.41, 5.74) is 8.22. The van der Waals surface area contributed by atoms with Crippen LogP contribution in [0.4, 0.5) is 0 Å². The third-order valence-corrected chi connectivity index (χ3v) is 4.48. The summed E-state index contributed by atoms with van der Waals surface area (Å²) in [7, 11) is 0. The van der Waals surface area contributed by atoms with Crippen LogP contribution in [0.25, 0.3) is 5.53 Å². The van der Waals surface area contributed by atoms with Crippen molar-refractivity contribution >= 4 is 12.0 Å². The van der Waals surface area contributed by atoms with Gasteiger partial charge in [-0.3, -0.25) is 4.79 Å². The van der Waals surface area contributed by atoms with Crippen LogP contribution in [0, 0.1) is 0 Å². The van der Waals surface area contributed by atoms with Crippen molar-refractivity contribution in [1.82, 2.24) is 0 Å².